The Morgan fingerprint density at radius 2 is 1.92 bits per heavy atom. The molecule has 5 nitrogen and oxygen atoms in total. The van der Waals surface area contributed by atoms with E-state index in [1.54, 1.807) is 19.1 Å². The van der Waals surface area contributed by atoms with E-state index in [0.717, 1.165) is 0 Å². The monoisotopic (exact) mass is 184 g/mol. The number of anilines is 2. The third-order valence-corrected chi connectivity index (χ3v) is 1.88. The number of benzene rings is 1. The predicted octanol–water partition coefficient (Wildman–Crippen LogP) is 0.957. The van der Waals surface area contributed by atoms with Crippen molar-refractivity contribution in [2.75, 3.05) is 18.0 Å². The van der Waals surface area contributed by atoms with Gasteiger partial charge in [0.2, 0.25) is 5.69 Å². The molecular formula is C8H14N3O2+. The van der Waals surface area contributed by atoms with Gasteiger partial charge in [0.15, 0.2) is 0 Å². The molecule has 5 heteroatoms. The summed E-state index contributed by atoms with van der Waals surface area (Å²) < 4.78 is 0. The average molecular weight is 184 g/mol. The first kappa shape index (κ1) is 9.79. The van der Waals surface area contributed by atoms with Crippen LogP contribution in [0.15, 0.2) is 18.2 Å². The molecule has 0 heterocycles. The van der Waals surface area contributed by atoms with E-state index >= 15 is 0 Å². The van der Waals surface area contributed by atoms with E-state index in [0.29, 0.717) is 11.4 Å². The first-order valence-electron chi connectivity index (χ1n) is 3.96. The average Bonchev–Trinajstić information content (AvgIpc) is 2.09. The van der Waals surface area contributed by atoms with Gasteiger partial charge in [0, 0.05) is 11.8 Å². The second-order valence-electron chi connectivity index (χ2n) is 2.86. The maximum atomic E-state index is 9.46. The van der Waals surface area contributed by atoms with Crippen LogP contribution in [0.2, 0.25) is 0 Å². The first-order valence-corrected chi connectivity index (χ1v) is 3.96. The van der Waals surface area contributed by atoms with Gasteiger partial charge >= 0.3 is 0 Å². The molecule has 0 spiro atoms. The summed E-state index contributed by atoms with van der Waals surface area (Å²) in [4.78, 5) is -1.24. The molecule has 1 aromatic carbocycles. The number of quaternary nitrogens is 1. The number of hydrogen-bond acceptors (Lipinski definition) is 4. The van der Waals surface area contributed by atoms with E-state index in [1.807, 2.05) is 0 Å². The van der Waals surface area contributed by atoms with Gasteiger partial charge in [-0.2, -0.15) is 10.4 Å². The number of rotatable bonds is 2. The molecule has 0 fully saturated rings. The van der Waals surface area contributed by atoms with Crippen molar-refractivity contribution in [1.82, 2.24) is 4.81 Å². The van der Waals surface area contributed by atoms with Crippen LogP contribution in [0.25, 0.3) is 0 Å². The fourth-order valence-electron chi connectivity index (χ4n) is 1.04. The Labute approximate surface area is 76.3 Å². The molecule has 0 atom stereocenters. The van der Waals surface area contributed by atoms with E-state index in [4.69, 9.17) is 11.5 Å². The molecule has 0 unspecified atom stereocenters. The van der Waals surface area contributed by atoms with Crippen LogP contribution in [0, 0.1) is 0 Å². The van der Waals surface area contributed by atoms with Crippen LogP contribution >= 0.6 is 0 Å². The summed E-state index contributed by atoms with van der Waals surface area (Å²) in [6, 6.07) is 4.59. The Balaban J connectivity index is 3.20. The molecule has 13 heavy (non-hydrogen) atoms. The second-order valence-corrected chi connectivity index (χ2v) is 2.86. The van der Waals surface area contributed by atoms with Crippen LogP contribution in [0.5, 0.6) is 0 Å². The molecular weight excluding hydrogens is 170 g/mol. The van der Waals surface area contributed by atoms with E-state index in [1.165, 1.54) is 6.07 Å². The lowest BCUT2D eigenvalue weighted by atomic mass is 10.2. The largest absolute Gasteiger partial charge is 0.399 e. The zero-order valence-electron chi connectivity index (χ0n) is 7.44. The molecule has 0 saturated carbocycles. The molecule has 0 aliphatic carbocycles. The minimum atomic E-state index is -1.24. The first-order chi connectivity index (χ1) is 5.97. The standard InChI is InChI=1S/C8H14N3O2/c1-2-11(12,13)8-5-6(9)3-4-7(8)10/h3-5,12-13H,2,9-10H2,1H3/q+1. The number of hydroxylamine groups is 2. The van der Waals surface area contributed by atoms with Crippen molar-refractivity contribution in [3.63, 3.8) is 0 Å². The molecule has 1 aromatic rings. The van der Waals surface area contributed by atoms with Crippen molar-refractivity contribution >= 4 is 17.1 Å². The van der Waals surface area contributed by atoms with E-state index in [9.17, 15) is 10.4 Å². The summed E-state index contributed by atoms with van der Waals surface area (Å²) in [5.41, 5.74) is 12.0. The molecule has 1 rings (SSSR count). The minimum Gasteiger partial charge on any atom is -0.399 e. The Kier molecular flexibility index (Phi) is 2.42. The lowest BCUT2D eigenvalue weighted by Crippen LogP contribution is -2.42. The van der Waals surface area contributed by atoms with Gasteiger partial charge in [-0.1, -0.05) is 0 Å². The van der Waals surface area contributed by atoms with Crippen LogP contribution in [0.4, 0.5) is 17.1 Å². The molecule has 0 aliphatic heterocycles. The third kappa shape index (κ3) is 1.89. The molecule has 0 aliphatic rings. The highest BCUT2D eigenvalue weighted by Gasteiger charge is 2.27. The summed E-state index contributed by atoms with van der Waals surface area (Å²) in [7, 11) is 0. The quantitative estimate of drug-likeness (QED) is 0.313. The summed E-state index contributed by atoms with van der Waals surface area (Å²) in [5, 5.41) is 18.9. The molecule has 0 bridgehead atoms. The van der Waals surface area contributed by atoms with E-state index in [-0.39, 0.29) is 12.2 Å². The highest BCUT2D eigenvalue weighted by Crippen LogP contribution is 2.28. The highest BCUT2D eigenvalue weighted by atomic mass is 16.8. The number of hydrogen-bond donors (Lipinski definition) is 4. The van der Waals surface area contributed by atoms with Crippen molar-refractivity contribution in [1.29, 1.82) is 0 Å². The summed E-state index contributed by atoms with van der Waals surface area (Å²) in [5.74, 6) is 0. The van der Waals surface area contributed by atoms with Crippen molar-refractivity contribution in [3.8, 4) is 0 Å². The van der Waals surface area contributed by atoms with E-state index in [2.05, 4.69) is 0 Å². The van der Waals surface area contributed by atoms with E-state index < -0.39 is 4.81 Å². The predicted molar refractivity (Wildman–Crippen MR) is 51.2 cm³/mol. The lowest BCUT2D eigenvalue weighted by Gasteiger charge is -2.20. The maximum absolute atomic E-state index is 9.46. The fraction of sp³-hybridized carbons (Fsp3) is 0.250. The van der Waals surface area contributed by atoms with Gasteiger partial charge in [0.1, 0.15) is 12.2 Å². The minimum absolute atomic E-state index is 0.105. The zero-order valence-corrected chi connectivity index (χ0v) is 7.44. The van der Waals surface area contributed by atoms with Crippen molar-refractivity contribution in [3.05, 3.63) is 18.2 Å². The maximum Gasteiger partial charge on any atom is 0.224 e. The molecule has 0 aromatic heterocycles. The van der Waals surface area contributed by atoms with Crippen LogP contribution in [0.1, 0.15) is 6.92 Å². The Bertz CT molecular complexity index is 312. The van der Waals surface area contributed by atoms with Gasteiger partial charge in [0.25, 0.3) is 0 Å². The van der Waals surface area contributed by atoms with Crippen LogP contribution < -0.4 is 16.3 Å². The third-order valence-electron chi connectivity index (χ3n) is 1.88. The van der Waals surface area contributed by atoms with Crippen LogP contribution in [-0.2, 0) is 0 Å². The number of nitrogens with zero attached hydrogens (tertiary/aromatic N) is 1. The lowest BCUT2D eigenvalue weighted by molar-refractivity contribution is -0.287. The van der Waals surface area contributed by atoms with Gasteiger partial charge in [0.05, 0.1) is 0 Å². The highest BCUT2D eigenvalue weighted by molar-refractivity contribution is 5.68. The summed E-state index contributed by atoms with van der Waals surface area (Å²) >= 11 is 0. The van der Waals surface area contributed by atoms with Crippen molar-refractivity contribution in [2.24, 2.45) is 0 Å². The van der Waals surface area contributed by atoms with Gasteiger partial charge in [-0.25, -0.2) is 0 Å². The van der Waals surface area contributed by atoms with Crippen molar-refractivity contribution < 1.29 is 10.4 Å². The molecule has 72 valence electrons. The fourth-order valence-corrected chi connectivity index (χ4v) is 1.04. The normalized spacial score (nSPS) is 11.6. The van der Waals surface area contributed by atoms with Crippen LogP contribution in [-0.4, -0.2) is 17.0 Å². The number of nitrogen functional groups attached to an aromatic ring is 2. The van der Waals surface area contributed by atoms with Gasteiger partial charge in [-0.05, 0) is 23.9 Å². The summed E-state index contributed by atoms with van der Waals surface area (Å²) in [6.07, 6.45) is 0. The second kappa shape index (κ2) is 3.21. The molecule has 0 amide bonds. The molecule has 0 saturated heterocycles. The zero-order chi connectivity index (χ0) is 10.1. The Morgan fingerprint density at radius 1 is 1.31 bits per heavy atom. The Hall–Kier alpha value is -1.30. The summed E-state index contributed by atoms with van der Waals surface area (Å²) in [6.45, 7) is 1.73. The molecule has 6 N–H and O–H groups in total. The van der Waals surface area contributed by atoms with Gasteiger partial charge < -0.3 is 11.5 Å². The van der Waals surface area contributed by atoms with Gasteiger partial charge in [-0.15, -0.1) is 0 Å². The van der Waals surface area contributed by atoms with Crippen LogP contribution in [0.3, 0.4) is 0 Å². The smallest absolute Gasteiger partial charge is 0.224 e. The molecule has 0 radical (unpaired) electrons. The van der Waals surface area contributed by atoms with Gasteiger partial charge in [-0.3, -0.25) is 0 Å². The van der Waals surface area contributed by atoms with Crippen molar-refractivity contribution in [2.45, 2.75) is 6.92 Å². The SMILES string of the molecule is CC[N+](O)(O)c1cc(N)ccc1N. The topological polar surface area (TPSA) is 92.5 Å². The number of nitrogens with two attached hydrogens (primary N) is 2. The Morgan fingerprint density at radius 3 is 2.46 bits per heavy atom.